The molecule has 2 rings (SSSR count). The van der Waals surface area contributed by atoms with Gasteiger partial charge in [-0.1, -0.05) is 36.7 Å². The highest BCUT2D eigenvalue weighted by atomic mass is 79.9. The van der Waals surface area contributed by atoms with E-state index >= 15 is 0 Å². The van der Waals surface area contributed by atoms with Crippen LogP contribution in [0.3, 0.4) is 0 Å². The van der Waals surface area contributed by atoms with E-state index in [4.69, 9.17) is 11.6 Å². The molecule has 0 radical (unpaired) electrons. The fourth-order valence-corrected chi connectivity index (χ4v) is 4.12. The summed E-state index contributed by atoms with van der Waals surface area (Å²) in [4.78, 5) is 1.42. The second-order valence-corrected chi connectivity index (χ2v) is 7.13. The van der Waals surface area contributed by atoms with Crippen molar-refractivity contribution in [1.82, 2.24) is 5.32 Å². The molecule has 1 N–H and O–H groups in total. The maximum Gasteiger partial charge on any atom is 0.0438 e. The SMILES string of the molecule is CCNCC(Cc1ccccc1Cl)Cc1sccc1Br. The van der Waals surface area contributed by atoms with Crippen LogP contribution in [0.25, 0.3) is 0 Å². The second-order valence-electron chi connectivity index (χ2n) is 4.87. The quantitative estimate of drug-likeness (QED) is 0.706. The summed E-state index contributed by atoms with van der Waals surface area (Å²) in [5.41, 5.74) is 1.24. The van der Waals surface area contributed by atoms with Gasteiger partial charge in [0.2, 0.25) is 0 Å². The van der Waals surface area contributed by atoms with Crippen LogP contribution in [0.4, 0.5) is 0 Å². The lowest BCUT2D eigenvalue weighted by Gasteiger charge is -2.18. The van der Waals surface area contributed by atoms with E-state index < -0.39 is 0 Å². The smallest absolute Gasteiger partial charge is 0.0438 e. The third-order valence-corrected chi connectivity index (χ3v) is 5.63. The maximum absolute atomic E-state index is 6.29. The van der Waals surface area contributed by atoms with E-state index in [1.807, 2.05) is 23.5 Å². The van der Waals surface area contributed by atoms with Crippen LogP contribution < -0.4 is 5.32 Å². The molecule has 0 aliphatic rings. The zero-order valence-corrected chi connectivity index (χ0v) is 14.7. The van der Waals surface area contributed by atoms with Crippen LogP contribution in [0.15, 0.2) is 40.2 Å². The number of benzene rings is 1. The van der Waals surface area contributed by atoms with Gasteiger partial charge in [-0.15, -0.1) is 11.3 Å². The highest BCUT2D eigenvalue weighted by molar-refractivity contribution is 9.10. The van der Waals surface area contributed by atoms with Gasteiger partial charge in [0.25, 0.3) is 0 Å². The number of hydrogen-bond donors (Lipinski definition) is 1. The van der Waals surface area contributed by atoms with Crippen molar-refractivity contribution >= 4 is 38.9 Å². The Labute approximate surface area is 138 Å². The molecule has 4 heteroatoms. The van der Waals surface area contributed by atoms with Crippen molar-refractivity contribution in [3.63, 3.8) is 0 Å². The largest absolute Gasteiger partial charge is 0.317 e. The van der Waals surface area contributed by atoms with E-state index in [1.54, 1.807) is 0 Å². The molecule has 2 aromatic rings. The Morgan fingerprint density at radius 2 is 2.05 bits per heavy atom. The van der Waals surface area contributed by atoms with Crippen LogP contribution in [0.1, 0.15) is 17.4 Å². The van der Waals surface area contributed by atoms with E-state index in [0.717, 1.165) is 31.0 Å². The zero-order chi connectivity index (χ0) is 14.4. The Balaban J connectivity index is 2.07. The summed E-state index contributed by atoms with van der Waals surface area (Å²) in [6.07, 6.45) is 2.09. The Bertz CT molecular complexity index is 541. The molecule has 20 heavy (non-hydrogen) atoms. The summed E-state index contributed by atoms with van der Waals surface area (Å²) in [6, 6.07) is 10.3. The van der Waals surface area contributed by atoms with Crippen molar-refractivity contribution in [3.05, 3.63) is 55.6 Å². The highest BCUT2D eigenvalue weighted by Gasteiger charge is 2.14. The minimum Gasteiger partial charge on any atom is -0.317 e. The fraction of sp³-hybridized carbons (Fsp3) is 0.375. The van der Waals surface area contributed by atoms with Crippen LogP contribution in [-0.4, -0.2) is 13.1 Å². The molecule has 0 saturated heterocycles. The van der Waals surface area contributed by atoms with Gasteiger partial charge in [0, 0.05) is 14.4 Å². The number of nitrogens with one attached hydrogen (secondary N) is 1. The first kappa shape index (κ1) is 16.0. The molecule has 0 bridgehead atoms. The van der Waals surface area contributed by atoms with E-state index in [2.05, 4.69) is 51.7 Å². The first-order valence-electron chi connectivity index (χ1n) is 6.86. The molecule has 1 aromatic heterocycles. The van der Waals surface area contributed by atoms with Crippen molar-refractivity contribution in [1.29, 1.82) is 0 Å². The van der Waals surface area contributed by atoms with Crippen LogP contribution in [0.5, 0.6) is 0 Å². The lowest BCUT2D eigenvalue weighted by Crippen LogP contribution is -2.25. The topological polar surface area (TPSA) is 12.0 Å². The minimum atomic E-state index is 0.560. The first-order chi connectivity index (χ1) is 9.70. The summed E-state index contributed by atoms with van der Waals surface area (Å²) >= 11 is 11.7. The molecular formula is C16H19BrClNS. The second kappa shape index (κ2) is 8.18. The van der Waals surface area contributed by atoms with Crippen molar-refractivity contribution in [2.45, 2.75) is 19.8 Å². The molecule has 1 aromatic carbocycles. The van der Waals surface area contributed by atoms with Crippen LogP contribution >= 0.6 is 38.9 Å². The summed E-state index contributed by atoms with van der Waals surface area (Å²) in [5.74, 6) is 0.560. The molecule has 0 aliphatic heterocycles. The lowest BCUT2D eigenvalue weighted by atomic mass is 9.95. The van der Waals surface area contributed by atoms with E-state index in [9.17, 15) is 0 Å². The zero-order valence-electron chi connectivity index (χ0n) is 11.5. The predicted octanol–water partition coefficient (Wildman–Crippen LogP) is 5.17. The number of halogens is 2. The average Bonchev–Trinajstić information content (AvgIpc) is 2.84. The molecule has 108 valence electrons. The predicted molar refractivity (Wildman–Crippen MR) is 92.9 cm³/mol. The number of rotatable bonds is 7. The molecule has 1 heterocycles. The van der Waals surface area contributed by atoms with Gasteiger partial charge in [0.1, 0.15) is 0 Å². The third kappa shape index (κ3) is 4.59. The van der Waals surface area contributed by atoms with Crippen molar-refractivity contribution in [3.8, 4) is 0 Å². The highest BCUT2D eigenvalue weighted by Crippen LogP contribution is 2.27. The average molecular weight is 373 g/mol. The molecule has 0 amide bonds. The summed E-state index contributed by atoms with van der Waals surface area (Å²) in [6.45, 7) is 4.17. The molecule has 0 aliphatic carbocycles. The van der Waals surface area contributed by atoms with Gasteiger partial charge in [-0.25, -0.2) is 0 Å². The van der Waals surface area contributed by atoms with Crippen molar-refractivity contribution in [2.75, 3.05) is 13.1 Å². The van der Waals surface area contributed by atoms with Gasteiger partial charge in [-0.3, -0.25) is 0 Å². The standard InChI is InChI=1S/C16H19BrClNS/c1-2-19-11-12(10-16-14(17)7-8-20-16)9-13-5-3-4-6-15(13)18/h3-8,12,19H,2,9-11H2,1H3. The molecular weight excluding hydrogens is 354 g/mol. The summed E-state index contributed by atoms with van der Waals surface area (Å²) < 4.78 is 1.23. The van der Waals surface area contributed by atoms with Crippen LogP contribution in [0.2, 0.25) is 5.02 Å². The Kier molecular flexibility index (Phi) is 6.56. The fourth-order valence-electron chi connectivity index (χ4n) is 2.27. The number of hydrogen-bond acceptors (Lipinski definition) is 2. The molecule has 1 atom stereocenters. The summed E-state index contributed by atoms with van der Waals surface area (Å²) in [5, 5.41) is 6.48. The Morgan fingerprint density at radius 3 is 2.70 bits per heavy atom. The van der Waals surface area contributed by atoms with Gasteiger partial charge < -0.3 is 5.32 Å². The van der Waals surface area contributed by atoms with Gasteiger partial charge in [-0.2, -0.15) is 0 Å². The van der Waals surface area contributed by atoms with E-state index in [-0.39, 0.29) is 0 Å². The van der Waals surface area contributed by atoms with Crippen molar-refractivity contribution in [2.24, 2.45) is 5.92 Å². The van der Waals surface area contributed by atoms with E-state index in [0.29, 0.717) is 5.92 Å². The monoisotopic (exact) mass is 371 g/mol. The molecule has 1 unspecified atom stereocenters. The van der Waals surface area contributed by atoms with Crippen LogP contribution in [-0.2, 0) is 12.8 Å². The normalized spacial score (nSPS) is 12.6. The molecule has 0 saturated carbocycles. The maximum atomic E-state index is 6.29. The van der Waals surface area contributed by atoms with Gasteiger partial charge in [0.15, 0.2) is 0 Å². The van der Waals surface area contributed by atoms with Crippen LogP contribution in [0, 0.1) is 5.92 Å². The Hall–Kier alpha value is -0.350. The van der Waals surface area contributed by atoms with Gasteiger partial charge in [0.05, 0.1) is 0 Å². The summed E-state index contributed by atoms with van der Waals surface area (Å²) in [7, 11) is 0. The van der Waals surface area contributed by atoms with E-state index in [1.165, 1.54) is 14.9 Å². The molecule has 0 spiro atoms. The van der Waals surface area contributed by atoms with Crippen molar-refractivity contribution < 1.29 is 0 Å². The molecule has 0 fully saturated rings. The van der Waals surface area contributed by atoms with Gasteiger partial charge >= 0.3 is 0 Å². The minimum absolute atomic E-state index is 0.560. The lowest BCUT2D eigenvalue weighted by molar-refractivity contribution is 0.480. The molecule has 1 nitrogen and oxygen atoms in total. The number of thiophene rings is 1. The van der Waals surface area contributed by atoms with Gasteiger partial charge in [-0.05, 0) is 70.9 Å². The Morgan fingerprint density at radius 1 is 1.25 bits per heavy atom. The first-order valence-corrected chi connectivity index (χ1v) is 8.91. The third-order valence-electron chi connectivity index (χ3n) is 3.31.